The second-order valence-electron chi connectivity index (χ2n) is 5.64. The van der Waals surface area contributed by atoms with Gasteiger partial charge in [0.05, 0.1) is 5.69 Å². The normalized spacial score (nSPS) is 24.9. The minimum Gasteiger partial charge on any atom is -0.488 e. The van der Waals surface area contributed by atoms with Gasteiger partial charge in [0.15, 0.2) is 0 Å². The molecule has 0 saturated heterocycles. The molecule has 106 valence electrons. The van der Waals surface area contributed by atoms with Crippen LogP contribution in [0, 0.1) is 12.3 Å². The van der Waals surface area contributed by atoms with Crippen LogP contribution in [0.3, 0.4) is 0 Å². The molecule has 2 N–H and O–H groups in total. The van der Waals surface area contributed by atoms with Gasteiger partial charge in [-0.05, 0) is 38.3 Å². The van der Waals surface area contributed by atoms with Crippen molar-refractivity contribution in [3.63, 3.8) is 0 Å². The first-order chi connectivity index (χ1) is 9.07. The molecule has 2 unspecified atom stereocenters. The number of hydrogen-bond donors (Lipinski definition) is 1. The minimum atomic E-state index is 0.149. The van der Waals surface area contributed by atoms with Gasteiger partial charge < -0.3 is 10.5 Å². The lowest BCUT2D eigenvalue weighted by Crippen LogP contribution is -2.63. The molecule has 3 heteroatoms. The van der Waals surface area contributed by atoms with E-state index < -0.39 is 0 Å². The summed E-state index contributed by atoms with van der Waals surface area (Å²) in [5, 5.41) is 0. The van der Waals surface area contributed by atoms with Crippen molar-refractivity contribution in [3.8, 4) is 5.75 Å². The van der Waals surface area contributed by atoms with Crippen LogP contribution < -0.4 is 10.5 Å². The molecule has 2 atom stereocenters. The maximum Gasteiger partial charge on any atom is 0.141 e. The van der Waals surface area contributed by atoms with Crippen LogP contribution in [0.4, 0.5) is 0 Å². The van der Waals surface area contributed by atoms with E-state index in [9.17, 15) is 0 Å². The SMILES string of the molecule is CCc1nc(C)ccc1OC1CC(N)C1(CC)CC. The van der Waals surface area contributed by atoms with Crippen LogP contribution >= 0.6 is 0 Å². The summed E-state index contributed by atoms with van der Waals surface area (Å²) in [6, 6.07) is 4.35. The Hall–Kier alpha value is -1.09. The van der Waals surface area contributed by atoms with Gasteiger partial charge in [-0.3, -0.25) is 4.98 Å². The van der Waals surface area contributed by atoms with Crippen LogP contribution in [0.25, 0.3) is 0 Å². The van der Waals surface area contributed by atoms with E-state index in [1.54, 1.807) is 0 Å². The predicted octanol–water partition coefficient (Wildman–Crippen LogP) is 3.24. The highest BCUT2D eigenvalue weighted by atomic mass is 16.5. The molecule has 0 aromatic carbocycles. The number of nitrogens with two attached hydrogens (primary N) is 1. The van der Waals surface area contributed by atoms with Crippen molar-refractivity contribution in [3.05, 3.63) is 23.5 Å². The standard InChI is InChI=1S/C16H26N2O/c1-5-12-13(9-8-11(4)18-12)19-15-10-14(17)16(15,6-2)7-3/h8-9,14-15H,5-7,10,17H2,1-4H3. The van der Waals surface area contributed by atoms with E-state index in [0.717, 1.165) is 42.8 Å². The second-order valence-corrected chi connectivity index (χ2v) is 5.64. The molecule has 1 aromatic rings. The van der Waals surface area contributed by atoms with Gasteiger partial charge in [0.1, 0.15) is 11.9 Å². The van der Waals surface area contributed by atoms with Crippen LogP contribution in [-0.4, -0.2) is 17.1 Å². The average molecular weight is 262 g/mol. The van der Waals surface area contributed by atoms with E-state index in [1.165, 1.54) is 0 Å². The van der Waals surface area contributed by atoms with E-state index >= 15 is 0 Å². The molecule has 0 radical (unpaired) electrons. The number of nitrogens with zero attached hydrogens (tertiary/aromatic N) is 1. The Morgan fingerprint density at radius 1 is 1.32 bits per heavy atom. The fraction of sp³-hybridized carbons (Fsp3) is 0.688. The second kappa shape index (κ2) is 5.49. The Kier molecular flexibility index (Phi) is 4.14. The highest BCUT2D eigenvalue weighted by molar-refractivity contribution is 5.30. The van der Waals surface area contributed by atoms with E-state index in [4.69, 9.17) is 10.5 Å². The third-order valence-electron chi connectivity index (χ3n) is 4.84. The lowest BCUT2D eigenvalue weighted by Gasteiger charge is -2.53. The fourth-order valence-electron chi connectivity index (χ4n) is 3.29. The van der Waals surface area contributed by atoms with Crippen molar-refractivity contribution >= 4 is 0 Å². The van der Waals surface area contributed by atoms with Crippen molar-refractivity contribution in [2.24, 2.45) is 11.1 Å². The number of pyridine rings is 1. The molecule has 19 heavy (non-hydrogen) atoms. The molecule has 1 saturated carbocycles. The van der Waals surface area contributed by atoms with E-state index in [1.807, 2.05) is 13.0 Å². The van der Waals surface area contributed by atoms with Gasteiger partial charge in [0, 0.05) is 23.6 Å². The molecule has 1 aromatic heterocycles. The summed E-state index contributed by atoms with van der Waals surface area (Å²) in [5.74, 6) is 0.941. The van der Waals surface area contributed by atoms with Gasteiger partial charge in [-0.2, -0.15) is 0 Å². The summed E-state index contributed by atoms with van der Waals surface area (Å²) in [5.41, 5.74) is 8.48. The third-order valence-corrected chi connectivity index (χ3v) is 4.84. The Morgan fingerprint density at radius 3 is 2.53 bits per heavy atom. The van der Waals surface area contributed by atoms with Crippen molar-refractivity contribution in [2.45, 2.75) is 65.5 Å². The van der Waals surface area contributed by atoms with Crippen LogP contribution in [0.5, 0.6) is 5.75 Å². The molecule has 1 fully saturated rings. The summed E-state index contributed by atoms with van der Waals surface area (Å²) in [6.07, 6.45) is 4.26. The Labute approximate surface area is 116 Å². The average Bonchev–Trinajstić information content (AvgIpc) is 2.41. The molecule has 1 aliphatic carbocycles. The Morgan fingerprint density at radius 2 is 2.00 bits per heavy atom. The van der Waals surface area contributed by atoms with E-state index in [-0.39, 0.29) is 17.6 Å². The summed E-state index contributed by atoms with van der Waals surface area (Å²) in [7, 11) is 0. The van der Waals surface area contributed by atoms with Crippen LogP contribution in [0.15, 0.2) is 12.1 Å². The quantitative estimate of drug-likeness (QED) is 0.886. The summed E-state index contributed by atoms with van der Waals surface area (Å²) < 4.78 is 6.25. The molecule has 0 spiro atoms. The summed E-state index contributed by atoms with van der Waals surface area (Å²) >= 11 is 0. The summed E-state index contributed by atoms with van der Waals surface area (Å²) in [4.78, 5) is 4.57. The van der Waals surface area contributed by atoms with Crippen molar-refractivity contribution < 1.29 is 4.74 Å². The topological polar surface area (TPSA) is 48.1 Å². The maximum atomic E-state index is 6.25. The zero-order valence-corrected chi connectivity index (χ0v) is 12.6. The van der Waals surface area contributed by atoms with Gasteiger partial charge in [0.25, 0.3) is 0 Å². The van der Waals surface area contributed by atoms with Crippen molar-refractivity contribution in [1.29, 1.82) is 0 Å². The van der Waals surface area contributed by atoms with Gasteiger partial charge >= 0.3 is 0 Å². The Bertz CT molecular complexity index is 440. The number of aromatic nitrogens is 1. The first-order valence-electron chi connectivity index (χ1n) is 7.46. The van der Waals surface area contributed by atoms with Gasteiger partial charge in [0.2, 0.25) is 0 Å². The smallest absolute Gasteiger partial charge is 0.141 e. The van der Waals surface area contributed by atoms with Crippen LogP contribution in [0.2, 0.25) is 0 Å². The molecule has 0 aliphatic heterocycles. The molecule has 0 amide bonds. The van der Waals surface area contributed by atoms with Crippen molar-refractivity contribution in [2.75, 3.05) is 0 Å². The number of ether oxygens (including phenoxy) is 1. The molecular formula is C16H26N2O. The van der Waals surface area contributed by atoms with Gasteiger partial charge in [-0.25, -0.2) is 0 Å². The molecule has 3 nitrogen and oxygen atoms in total. The zero-order chi connectivity index (χ0) is 14.0. The maximum absolute atomic E-state index is 6.25. The molecule has 1 heterocycles. The minimum absolute atomic E-state index is 0.149. The molecule has 1 aliphatic rings. The van der Waals surface area contributed by atoms with Gasteiger partial charge in [-0.1, -0.05) is 20.8 Å². The van der Waals surface area contributed by atoms with E-state index in [0.29, 0.717) is 0 Å². The monoisotopic (exact) mass is 262 g/mol. The lowest BCUT2D eigenvalue weighted by atomic mass is 9.59. The first-order valence-corrected chi connectivity index (χ1v) is 7.46. The third kappa shape index (κ3) is 2.36. The number of aryl methyl sites for hydroxylation is 2. The molecular weight excluding hydrogens is 236 g/mol. The van der Waals surface area contributed by atoms with Crippen LogP contribution in [-0.2, 0) is 6.42 Å². The number of rotatable bonds is 5. The predicted molar refractivity (Wildman–Crippen MR) is 78.4 cm³/mol. The first kappa shape index (κ1) is 14.3. The highest BCUT2D eigenvalue weighted by Gasteiger charge is 2.52. The fourth-order valence-corrected chi connectivity index (χ4v) is 3.29. The number of hydrogen-bond acceptors (Lipinski definition) is 3. The highest BCUT2D eigenvalue weighted by Crippen LogP contribution is 2.48. The molecule has 2 rings (SSSR count). The lowest BCUT2D eigenvalue weighted by molar-refractivity contribution is -0.0728. The molecule has 0 bridgehead atoms. The zero-order valence-electron chi connectivity index (χ0n) is 12.6. The van der Waals surface area contributed by atoms with Gasteiger partial charge in [-0.15, -0.1) is 0 Å². The van der Waals surface area contributed by atoms with Crippen molar-refractivity contribution in [1.82, 2.24) is 4.98 Å². The van der Waals surface area contributed by atoms with E-state index in [2.05, 4.69) is 31.8 Å². The largest absolute Gasteiger partial charge is 0.488 e. The van der Waals surface area contributed by atoms with Crippen LogP contribution in [0.1, 0.15) is 51.4 Å². The Balaban J connectivity index is 2.18. The summed E-state index contributed by atoms with van der Waals surface area (Å²) in [6.45, 7) is 8.57.